The largest absolute Gasteiger partial charge is 0.530 e. The summed E-state index contributed by atoms with van der Waals surface area (Å²) in [7, 11) is 0. The molecule has 1 aliphatic rings. The summed E-state index contributed by atoms with van der Waals surface area (Å²) in [6.45, 7) is 6.31. The average Bonchev–Trinajstić information content (AvgIpc) is 2.87. The second kappa shape index (κ2) is 11.1. The molecule has 194 valence electrons. The first-order chi connectivity index (χ1) is 17.6. The van der Waals surface area contributed by atoms with Gasteiger partial charge < -0.3 is 24.3 Å². The third kappa shape index (κ3) is 6.74. The summed E-state index contributed by atoms with van der Waals surface area (Å²) < 4.78 is 25.2. The monoisotopic (exact) mass is 504 g/mol. The van der Waals surface area contributed by atoms with Gasteiger partial charge in [0.25, 0.3) is 0 Å². The number of amides is 1. The lowest BCUT2D eigenvalue weighted by Crippen LogP contribution is -2.51. The first-order valence-corrected chi connectivity index (χ1v) is 12.4. The number of carboxylic acid groups (broad SMARTS) is 1. The van der Waals surface area contributed by atoms with Crippen molar-refractivity contribution in [2.45, 2.75) is 51.4 Å². The van der Waals surface area contributed by atoms with E-state index in [4.69, 9.17) is 9.47 Å². The van der Waals surface area contributed by atoms with Gasteiger partial charge in [0, 0.05) is 19.0 Å². The number of hydrogen-bond donors (Lipinski definition) is 0. The van der Waals surface area contributed by atoms with Gasteiger partial charge in [-0.3, -0.25) is 0 Å². The van der Waals surface area contributed by atoms with Crippen LogP contribution < -0.4 is 5.11 Å². The number of piperidine rings is 1. The van der Waals surface area contributed by atoms with Crippen LogP contribution in [-0.2, 0) is 16.1 Å². The number of ether oxygens (including phenoxy) is 2. The molecule has 37 heavy (non-hydrogen) atoms. The quantitative estimate of drug-likeness (QED) is 0.433. The number of hydrogen-bond acceptors (Lipinski definition) is 5. The number of carbonyl (C=O) groups is 2. The number of benzene rings is 3. The fraction of sp³-hybridized carbons (Fsp3) is 0.333. The van der Waals surface area contributed by atoms with E-state index >= 15 is 0 Å². The minimum atomic E-state index is -1.22. The first kappa shape index (κ1) is 26.4. The lowest BCUT2D eigenvalue weighted by atomic mass is 9.87. The highest BCUT2D eigenvalue weighted by Crippen LogP contribution is 2.32. The van der Waals surface area contributed by atoms with Crippen molar-refractivity contribution in [3.05, 3.63) is 95.3 Å². The summed E-state index contributed by atoms with van der Waals surface area (Å²) >= 11 is 0. The molecule has 0 saturated carbocycles. The Bertz CT molecular complexity index is 1230. The van der Waals surface area contributed by atoms with Crippen LogP contribution in [0.25, 0.3) is 11.1 Å². The van der Waals surface area contributed by atoms with Gasteiger partial charge in [0.05, 0.1) is 18.3 Å². The predicted octanol–water partition coefficient (Wildman–Crippen LogP) is 5.17. The fourth-order valence-electron chi connectivity index (χ4n) is 4.57. The second-order valence-corrected chi connectivity index (χ2v) is 10.3. The lowest BCUT2D eigenvalue weighted by molar-refractivity contribution is -0.268. The van der Waals surface area contributed by atoms with Crippen LogP contribution >= 0.6 is 0 Å². The minimum Gasteiger partial charge on any atom is -0.530 e. The Hall–Kier alpha value is -3.71. The number of likely N-dealkylation sites (tertiary alicyclic amines) is 1. The summed E-state index contributed by atoms with van der Waals surface area (Å²) in [6, 6.07) is 21.3. The zero-order chi connectivity index (χ0) is 26.6. The Kier molecular flexibility index (Phi) is 7.93. The molecule has 0 bridgehead atoms. The fourth-order valence-corrected chi connectivity index (χ4v) is 4.57. The normalized spacial score (nSPS) is 17.9. The van der Waals surface area contributed by atoms with E-state index in [0.717, 1.165) is 22.3 Å². The third-order valence-electron chi connectivity index (χ3n) is 6.39. The van der Waals surface area contributed by atoms with Crippen molar-refractivity contribution >= 4 is 12.1 Å². The van der Waals surface area contributed by atoms with Crippen LogP contribution in [0.15, 0.2) is 72.8 Å². The van der Waals surface area contributed by atoms with Crippen molar-refractivity contribution in [3.8, 4) is 11.1 Å². The van der Waals surface area contributed by atoms with E-state index < -0.39 is 17.8 Å². The molecule has 1 heterocycles. The first-order valence-electron chi connectivity index (χ1n) is 12.4. The molecule has 1 fully saturated rings. The lowest BCUT2D eigenvalue weighted by Gasteiger charge is -2.40. The molecule has 4 rings (SSSR count). The topological polar surface area (TPSA) is 78.9 Å². The van der Waals surface area contributed by atoms with Crippen molar-refractivity contribution < 1.29 is 28.6 Å². The number of carbonyl (C=O) groups excluding carboxylic acids is 2. The highest BCUT2D eigenvalue weighted by molar-refractivity contribution is 5.97. The molecule has 0 N–H and O–H groups in total. The average molecular weight is 505 g/mol. The van der Waals surface area contributed by atoms with E-state index in [1.807, 2.05) is 63.2 Å². The van der Waals surface area contributed by atoms with Crippen molar-refractivity contribution in [2.24, 2.45) is 0 Å². The molecule has 2 atom stereocenters. The molecule has 0 aliphatic carbocycles. The smallest absolute Gasteiger partial charge is 0.339 e. The molecule has 2 unspecified atom stereocenters. The van der Waals surface area contributed by atoms with Gasteiger partial charge in [-0.2, -0.15) is 0 Å². The molecule has 7 heteroatoms. The van der Waals surface area contributed by atoms with E-state index in [9.17, 15) is 19.1 Å². The molecule has 3 aromatic rings. The Balaban J connectivity index is 1.48. The third-order valence-corrected chi connectivity index (χ3v) is 6.39. The second-order valence-electron chi connectivity index (χ2n) is 10.3. The molecule has 0 spiro atoms. The summed E-state index contributed by atoms with van der Waals surface area (Å²) in [4.78, 5) is 25.4. The molecule has 3 aromatic carbocycles. The van der Waals surface area contributed by atoms with Crippen LogP contribution in [0.4, 0.5) is 9.18 Å². The highest BCUT2D eigenvalue weighted by Gasteiger charge is 2.31. The number of nitrogens with zero attached hydrogens (tertiary/aromatic N) is 1. The van der Waals surface area contributed by atoms with Crippen LogP contribution in [0.2, 0.25) is 0 Å². The van der Waals surface area contributed by atoms with Gasteiger partial charge >= 0.3 is 5.97 Å². The Morgan fingerprint density at radius 3 is 2.32 bits per heavy atom. The van der Waals surface area contributed by atoms with Gasteiger partial charge in [-0.05, 0) is 67.6 Å². The number of esters is 1. The summed E-state index contributed by atoms with van der Waals surface area (Å²) in [5, 5.41) is 11.5. The van der Waals surface area contributed by atoms with E-state index in [2.05, 4.69) is 0 Å². The van der Waals surface area contributed by atoms with Gasteiger partial charge in [-0.15, -0.1) is 0 Å². The zero-order valence-corrected chi connectivity index (χ0v) is 21.3. The van der Waals surface area contributed by atoms with E-state index in [-0.39, 0.29) is 30.9 Å². The summed E-state index contributed by atoms with van der Waals surface area (Å²) in [6.07, 6.45) is -1.06. The Morgan fingerprint density at radius 1 is 1.00 bits per heavy atom. The standard InChI is InChI=1S/C30H32FNO5/c1-30(2,3)37-28(33)26-7-5-4-6-24(26)21-10-8-20(9-11-21)19-36-27-18-32(29(34)35)17-16-25(27)22-12-14-23(31)15-13-22/h4-15,25,27H,16-19H2,1-3H3,(H,34,35)/p-1. The van der Waals surface area contributed by atoms with Gasteiger partial charge in [0.15, 0.2) is 0 Å². The molecule has 0 radical (unpaired) electrons. The molecule has 0 aromatic heterocycles. The molecule has 1 aliphatic heterocycles. The Labute approximate surface area is 216 Å². The van der Waals surface area contributed by atoms with Crippen molar-refractivity contribution in [2.75, 3.05) is 13.1 Å². The summed E-state index contributed by atoms with van der Waals surface area (Å²) in [5.74, 6) is -0.755. The number of halogens is 1. The molecule has 1 amide bonds. The van der Waals surface area contributed by atoms with E-state index in [1.165, 1.54) is 17.0 Å². The molecule has 1 saturated heterocycles. The van der Waals surface area contributed by atoms with Gasteiger partial charge in [-0.25, -0.2) is 9.18 Å². The van der Waals surface area contributed by atoms with Crippen molar-refractivity contribution in [3.63, 3.8) is 0 Å². The van der Waals surface area contributed by atoms with Crippen LogP contribution in [-0.4, -0.2) is 41.8 Å². The van der Waals surface area contributed by atoms with Crippen LogP contribution in [0.5, 0.6) is 0 Å². The number of rotatable bonds is 6. The van der Waals surface area contributed by atoms with E-state index in [1.54, 1.807) is 18.2 Å². The van der Waals surface area contributed by atoms with Gasteiger partial charge in [0.2, 0.25) is 0 Å². The van der Waals surface area contributed by atoms with Crippen molar-refractivity contribution in [1.82, 2.24) is 4.90 Å². The summed E-state index contributed by atoms with van der Waals surface area (Å²) in [5.41, 5.74) is 3.36. The zero-order valence-electron chi connectivity index (χ0n) is 21.3. The maximum atomic E-state index is 13.4. The van der Waals surface area contributed by atoms with Crippen molar-refractivity contribution in [1.29, 1.82) is 0 Å². The van der Waals surface area contributed by atoms with Crippen LogP contribution in [0.1, 0.15) is 54.6 Å². The van der Waals surface area contributed by atoms with E-state index in [0.29, 0.717) is 18.5 Å². The molecular weight excluding hydrogens is 473 g/mol. The SMILES string of the molecule is CC(C)(C)OC(=O)c1ccccc1-c1ccc(COC2CN(C(=O)[O-])CCC2c2ccc(F)cc2)cc1. The maximum Gasteiger partial charge on any atom is 0.339 e. The van der Waals surface area contributed by atoms with Crippen LogP contribution in [0, 0.1) is 5.82 Å². The molecule has 6 nitrogen and oxygen atoms in total. The highest BCUT2D eigenvalue weighted by atomic mass is 19.1. The van der Waals surface area contributed by atoms with Crippen LogP contribution in [0.3, 0.4) is 0 Å². The Morgan fingerprint density at radius 2 is 1.68 bits per heavy atom. The molecular formula is C30H31FNO5-. The predicted molar refractivity (Wildman–Crippen MR) is 136 cm³/mol. The van der Waals surface area contributed by atoms with Gasteiger partial charge in [0.1, 0.15) is 17.5 Å². The maximum absolute atomic E-state index is 13.4. The van der Waals surface area contributed by atoms with Gasteiger partial charge in [-0.1, -0.05) is 54.6 Å². The minimum absolute atomic E-state index is 0.0591.